The fraction of sp³-hybridized carbons (Fsp3) is 0.143. The van der Waals surface area contributed by atoms with Gasteiger partial charge in [0.25, 0.3) is 5.91 Å². The van der Waals surface area contributed by atoms with Gasteiger partial charge in [-0.05, 0) is 35.8 Å². The predicted molar refractivity (Wildman–Crippen MR) is 106 cm³/mol. The number of nitrogens with zero attached hydrogens (tertiary/aromatic N) is 2. The largest absolute Gasteiger partial charge is 0.497 e. The van der Waals surface area contributed by atoms with E-state index in [9.17, 15) is 4.79 Å². The molecule has 2 aromatic carbocycles. The molecular formula is C21H20N2O2S. The van der Waals surface area contributed by atoms with E-state index in [0.29, 0.717) is 11.7 Å². The van der Waals surface area contributed by atoms with Crippen molar-refractivity contribution >= 4 is 27.9 Å². The first-order chi connectivity index (χ1) is 12.7. The molecule has 3 rings (SSSR count). The molecule has 1 heterocycles. The van der Waals surface area contributed by atoms with Gasteiger partial charge in [0.1, 0.15) is 5.75 Å². The minimum Gasteiger partial charge on any atom is -0.497 e. The van der Waals surface area contributed by atoms with Crippen molar-refractivity contribution in [1.29, 1.82) is 0 Å². The third kappa shape index (κ3) is 4.37. The summed E-state index contributed by atoms with van der Waals surface area (Å²) in [4.78, 5) is 19.0. The highest BCUT2D eigenvalue weighted by molar-refractivity contribution is 7.13. The van der Waals surface area contributed by atoms with E-state index in [1.54, 1.807) is 24.3 Å². The van der Waals surface area contributed by atoms with Gasteiger partial charge in [0.2, 0.25) is 0 Å². The van der Waals surface area contributed by atoms with Gasteiger partial charge >= 0.3 is 0 Å². The summed E-state index contributed by atoms with van der Waals surface area (Å²) in [7, 11) is 1.64. The van der Waals surface area contributed by atoms with Crippen molar-refractivity contribution in [1.82, 2.24) is 4.98 Å². The molecule has 1 amide bonds. The number of methoxy groups -OCH3 is 1. The Morgan fingerprint density at radius 1 is 1.15 bits per heavy atom. The molecule has 0 atom stereocenters. The first-order valence-electron chi connectivity index (χ1n) is 8.25. The van der Waals surface area contributed by atoms with Crippen LogP contribution in [0, 0.1) is 0 Å². The van der Waals surface area contributed by atoms with E-state index in [1.807, 2.05) is 66.9 Å². The number of amides is 1. The average molecular weight is 364 g/mol. The van der Waals surface area contributed by atoms with Crippen LogP contribution < -0.4 is 9.64 Å². The summed E-state index contributed by atoms with van der Waals surface area (Å²) in [5.41, 5.74) is 2.97. The van der Waals surface area contributed by atoms with Crippen LogP contribution in [-0.2, 0) is 11.3 Å². The molecule has 0 spiro atoms. The first kappa shape index (κ1) is 17.9. The van der Waals surface area contributed by atoms with Crippen LogP contribution in [0.15, 0.2) is 72.3 Å². The van der Waals surface area contributed by atoms with Crippen LogP contribution in [0.3, 0.4) is 0 Å². The van der Waals surface area contributed by atoms with E-state index >= 15 is 0 Å². The van der Waals surface area contributed by atoms with Crippen molar-refractivity contribution in [3.63, 3.8) is 0 Å². The van der Waals surface area contributed by atoms with E-state index in [2.05, 4.69) is 4.98 Å². The van der Waals surface area contributed by atoms with E-state index in [1.165, 1.54) is 11.3 Å². The Morgan fingerprint density at radius 2 is 1.88 bits per heavy atom. The number of allylic oxidation sites excluding steroid dienone is 1. The molecule has 3 aromatic rings. The molecule has 0 aliphatic heterocycles. The highest BCUT2D eigenvalue weighted by Crippen LogP contribution is 2.23. The zero-order valence-electron chi connectivity index (χ0n) is 14.8. The molecule has 132 valence electrons. The molecule has 0 aliphatic rings. The quantitative estimate of drug-likeness (QED) is 0.591. The van der Waals surface area contributed by atoms with Crippen molar-refractivity contribution in [3.8, 4) is 5.75 Å². The van der Waals surface area contributed by atoms with Gasteiger partial charge < -0.3 is 4.74 Å². The molecule has 5 heteroatoms. The smallest absolute Gasteiger partial charge is 0.253 e. The fourth-order valence-electron chi connectivity index (χ4n) is 2.55. The number of hydrogen-bond acceptors (Lipinski definition) is 4. The summed E-state index contributed by atoms with van der Waals surface area (Å²) in [6.07, 6.45) is 3.38. The Hall–Kier alpha value is -2.92. The van der Waals surface area contributed by atoms with Gasteiger partial charge in [-0.25, -0.2) is 4.98 Å². The van der Waals surface area contributed by atoms with Crippen LogP contribution >= 0.6 is 11.3 Å². The van der Waals surface area contributed by atoms with Crippen LogP contribution in [0.1, 0.15) is 18.1 Å². The highest BCUT2D eigenvalue weighted by Gasteiger charge is 2.17. The number of carbonyl (C=O) groups excluding carboxylic acids is 1. The monoisotopic (exact) mass is 364 g/mol. The number of hydrogen-bond donors (Lipinski definition) is 0. The van der Waals surface area contributed by atoms with Crippen molar-refractivity contribution in [3.05, 3.63) is 83.4 Å². The van der Waals surface area contributed by atoms with Crippen molar-refractivity contribution in [2.24, 2.45) is 0 Å². The Bertz CT molecular complexity index is 872. The van der Waals surface area contributed by atoms with Gasteiger partial charge in [-0.1, -0.05) is 42.5 Å². The van der Waals surface area contributed by atoms with Gasteiger partial charge in [-0.2, -0.15) is 0 Å². The van der Waals surface area contributed by atoms with Crippen LogP contribution in [0.2, 0.25) is 0 Å². The lowest BCUT2D eigenvalue weighted by Crippen LogP contribution is -2.28. The maximum absolute atomic E-state index is 12.9. The number of benzene rings is 2. The van der Waals surface area contributed by atoms with Crippen LogP contribution in [-0.4, -0.2) is 18.0 Å². The first-order valence-corrected chi connectivity index (χ1v) is 9.13. The summed E-state index contributed by atoms with van der Waals surface area (Å²) in [6, 6.07) is 17.6. The van der Waals surface area contributed by atoms with Crippen LogP contribution in [0.4, 0.5) is 5.13 Å². The number of anilines is 1. The Morgan fingerprint density at radius 3 is 2.50 bits per heavy atom. The fourth-order valence-corrected chi connectivity index (χ4v) is 3.20. The zero-order chi connectivity index (χ0) is 18.4. The second-order valence-electron chi connectivity index (χ2n) is 5.78. The Kier molecular flexibility index (Phi) is 5.81. The lowest BCUT2D eigenvalue weighted by Gasteiger charge is -2.19. The topological polar surface area (TPSA) is 42.4 Å². The lowest BCUT2D eigenvalue weighted by atomic mass is 10.1. The third-order valence-electron chi connectivity index (χ3n) is 3.99. The second kappa shape index (κ2) is 8.45. The summed E-state index contributed by atoms with van der Waals surface area (Å²) in [5.74, 6) is 0.706. The molecule has 0 unspecified atom stereocenters. The minimum atomic E-state index is -0.0860. The molecule has 0 bridgehead atoms. The second-order valence-corrected chi connectivity index (χ2v) is 6.65. The number of ether oxygens (including phenoxy) is 1. The molecule has 0 saturated heterocycles. The predicted octanol–water partition coefficient (Wildman–Crippen LogP) is 4.79. The molecule has 0 N–H and O–H groups in total. The van der Waals surface area contributed by atoms with Gasteiger partial charge in [0.15, 0.2) is 5.13 Å². The summed E-state index contributed by atoms with van der Waals surface area (Å²) < 4.78 is 5.20. The number of thiazole rings is 1. The molecule has 26 heavy (non-hydrogen) atoms. The molecule has 1 aromatic heterocycles. The van der Waals surface area contributed by atoms with Gasteiger partial charge in [-0.15, -0.1) is 11.3 Å². The third-order valence-corrected chi connectivity index (χ3v) is 4.78. The lowest BCUT2D eigenvalue weighted by molar-refractivity contribution is -0.114. The van der Waals surface area contributed by atoms with Crippen molar-refractivity contribution in [2.75, 3.05) is 12.0 Å². The maximum Gasteiger partial charge on any atom is 0.253 e. The molecule has 0 saturated carbocycles. The maximum atomic E-state index is 12.9. The van der Waals surface area contributed by atoms with E-state index in [4.69, 9.17) is 4.74 Å². The summed E-state index contributed by atoms with van der Waals surface area (Å²) in [5, 5.41) is 2.56. The summed E-state index contributed by atoms with van der Waals surface area (Å²) >= 11 is 1.45. The molecule has 0 fully saturated rings. The zero-order valence-corrected chi connectivity index (χ0v) is 15.6. The van der Waals surface area contributed by atoms with Crippen molar-refractivity contribution in [2.45, 2.75) is 13.5 Å². The molecule has 0 radical (unpaired) electrons. The van der Waals surface area contributed by atoms with Crippen molar-refractivity contribution < 1.29 is 9.53 Å². The number of rotatable bonds is 6. The SMILES string of the molecule is COc1ccc(CN(C(=O)C=C(C)c2ccccc2)c2nccs2)cc1. The molecule has 4 nitrogen and oxygen atoms in total. The Labute approximate surface area is 157 Å². The van der Waals surface area contributed by atoms with Gasteiger partial charge in [0.05, 0.1) is 13.7 Å². The molecule has 0 aliphatic carbocycles. The highest BCUT2D eigenvalue weighted by atomic mass is 32.1. The van der Waals surface area contributed by atoms with Gasteiger partial charge in [-0.3, -0.25) is 9.69 Å². The van der Waals surface area contributed by atoms with Crippen LogP contribution in [0.25, 0.3) is 5.57 Å². The standard InChI is InChI=1S/C21H20N2O2S/c1-16(18-6-4-3-5-7-18)14-20(24)23(21-22-12-13-26-21)15-17-8-10-19(25-2)11-9-17/h3-14H,15H2,1-2H3. The number of carbonyl (C=O) groups is 1. The number of aromatic nitrogens is 1. The van der Waals surface area contributed by atoms with Crippen LogP contribution in [0.5, 0.6) is 5.75 Å². The molecular weight excluding hydrogens is 344 g/mol. The van der Waals surface area contributed by atoms with E-state index in [-0.39, 0.29) is 5.91 Å². The summed E-state index contributed by atoms with van der Waals surface area (Å²) in [6.45, 7) is 2.40. The normalized spacial score (nSPS) is 11.2. The van der Waals surface area contributed by atoms with E-state index < -0.39 is 0 Å². The van der Waals surface area contributed by atoms with Gasteiger partial charge in [0, 0.05) is 17.7 Å². The minimum absolute atomic E-state index is 0.0860. The Balaban J connectivity index is 1.85. The average Bonchev–Trinajstić information content (AvgIpc) is 3.21. The van der Waals surface area contributed by atoms with E-state index in [0.717, 1.165) is 22.4 Å².